The molecule has 30 heavy (non-hydrogen) atoms. The Morgan fingerprint density at radius 3 is 2.60 bits per heavy atom. The van der Waals surface area contributed by atoms with Crippen molar-refractivity contribution >= 4 is 11.9 Å². The third kappa shape index (κ3) is 4.93. The number of amides is 1. The summed E-state index contributed by atoms with van der Waals surface area (Å²) in [5.41, 5.74) is 4.96. The average molecular weight is 425 g/mol. The molecule has 2 aliphatic heterocycles. The fourth-order valence-corrected chi connectivity index (χ4v) is 3.85. The fourth-order valence-electron chi connectivity index (χ4n) is 3.85. The SMILES string of the molecule is CCCCCCCC(=O)OCC1OC(n2cnc(C(N)=O)c2O)C2OC(C)(C)OC12. The van der Waals surface area contributed by atoms with Crippen molar-refractivity contribution < 1.29 is 33.6 Å². The van der Waals surface area contributed by atoms with Gasteiger partial charge in [0, 0.05) is 6.42 Å². The summed E-state index contributed by atoms with van der Waals surface area (Å²) < 4.78 is 24.5. The molecule has 1 aromatic heterocycles. The molecule has 4 atom stereocenters. The molecule has 3 N–H and O–H groups in total. The number of hydrogen-bond acceptors (Lipinski definition) is 8. The highest BCUT2D eigenvalue weighted by Gasteiger charge is 2.56. The maximum atomic E-state index is 12.1. The number of esters is 1. The van der Waals surface area contributed by atoms with Gasteiger partial charge in [-0.05, 0) is 20.3 Å². The molecule has 0 saturated carbocycles. The molecule has 2 aliphatic rings. The summed E-state index contributed by atoms with van der Waals surface area (Å²) in [5, 5.41) is 10.3. The second kappa shape index (κ2) is 9.32. The molecule has 10 heteroatoms. The number of carbonyl (C=O) groups is 2. The van der Waals surface area contributed by atoms with Gasteiger partial charge in [-0.15, -0.1) is 0 Å². The van der Waals surface area contributed by atoms with Crippen molar-refractivity contribution in [2.75, 3.05) is 6.61 Å². The van der Waals surface area contributed by atoms with E-state index >= 15 is 0 Å². The number of hydrogen-bond donors (Lipinski definition) is 2. The van der Waals surface area contributed by atoms with Crippen LogP contribution in [0.15, 0.2) is 6.33 Å². The van der Waals surface area contributed by atoms with Gasteiger partial charge >= 0.3 is 5.97 Å². The van der Waals surface area contributed by atoms with Crippen LogP contribution in [0.2, 0.25) is 0 Å². The number of rotatable bonds is 10. The molecule has 0 radical (unpaired) electrons. The minimum Gasteiger partial charge on any atom is -0.493 e. The molecular weight excluding hydrogens is 394 g/mol. The molecule has 0 aliphatic carbocycles. The van der Waals surface area contributed by atoms with Crippen LogP contribution in [0.4, 0.5) is 0 Å². The zero-order chi connectivity index (χ0) is 21.9. The van der Waals surface area contributed by atoms with E-state index in [0.29, 0.717) is 6.42 Å². The highest BCUT2D eigenvalue weighted by atomic mass is 16.8. The Kier molecular flexibility index (Phi) is 6.99. The number of aromatic nitrogens is 2. The lowest BCUT2D eigenvalue weighted by Crippen LogP contribution is -2.33. The predicted octanol–water partition coefficient (Wildman–Crippen LogP) is 2.01. The van der Waals surface area contributed by atoms with E-state index in [1.165, 1.54) is 17.3 Å². The molecule has 168 valence electrons. The van der Waals surface area contributed by atoms with E-state index in [4.69, 9.17) is 24.7 Å². The second-order valence-electron chi connectivity index (χ2n) is 8.17. The number of nitrogens with zero attached hydrogens (tertiary/aromatic N) is 2. The molecule has 3 heterocycles. The Morgan fingerprint density at radius 1 is 1.23 bits per heavy atom. The molecule has 10 nitrogen and oxygen atoms in total. The lowest BCUT2D eigenvalue weighted by atomic mass is 10.1. The quantitative estimate of drug-likeness (QED) is 0.429. The standard InChI is InChI=1S/C20H31N3O7/c1-4-5-6-7-8-9-13(24)27-10-12-15-16(30-20(2,3)29-15)19(28-12)23-11-22-14(17(21)25)18(23)26/h11-12,15-16,19,26H,4-10H2,1-3H3,(H2,21,25). The number of fused-ring (bicyclic) bond motifs is 1. The van der Waals surface area contributed by atoms with Crippen LogP contribution in [-0.2, 0) is 23.7 Å². The Balaban J connectivity index is 1.62. The van der Waals surface area contributed by atoms with Crippen LogP contribution < -0.4 is 5.73 Å². The van der Waals surface area contributed by atoms with Crippen LogP contribution >= 0.6 is 0 Å². The first-order valence-corrected chi connectivity index (χ1v) is 10.5. The monoisotopic (exact) mass is 425 g/mol. The van der Waals surface area contributed by atoms with Gasteiger partial charge in [0.05, 0.1) is 0 Å². The first kappa shape index (κ1) is 22.5. The summed E-state index contributed by atoms with van der Waals surface area (Å²) in [6.07, 6.45) is 4.35. The number of carbonyl (C=O) groups excluding carboxylic acids is 2. The van der Waals surface area contributed by atoms with Crippen molar-refractivity contribution in [2.24, 2.45) is 5.73 Å². The van der Waals surface area contributed by atoms with Crippen molar-refractivity contribution in [3.63, 3.8) is 0 Å². The largest absolute Gasteiger partial charge is 0.493 e. The molecule has 1 amide bonds. The van der Waals surface area contributed by atoms with E-state index in [1.54, 1.807) is 13.8 Å². The Labute approximate surface area is 175 Å². The lowest BCUT2D eigenvalue weighted by molar-refractivity contribution is -0.203. The molecule has 0 aromatic carbocycles. The van der Waals surface area contributed by atoms with Gasteiger partial charge in [-0.3, -0.25) is 14.2 Å². The normalized spacial score (nSPS) is 27.2. The Hall–Kier alpha value is -2.17. The van der Waals surface area contributed by atoms with Gasteiger partial charge in [-0.2, -0.15) is 0 Å². The van der Waals surface area contributed by atoms with Crippen LogP contribution in [0.3, 0.4) is 0 Å². The first-order valence-electron chi connectivity index (χ1n) is 10.5. The average Bonchev–Trinajstić information content (AvgIpc) is 3.30. The van der Waals surface area contributed by atoms with Gasteiger partial charge in [0.1, 0.15) is 31.2 Å². The van der Waals surface area contributed by atoms with Crippen LogP contribution in [0.5, 0.6) is 5.88 Å². The topological polar surface area (TPSA) is 135 Å². The number of primary amides is 1. The van der Waals surface area contributed by atoms with Crippen molar-refractivity contribution in [1.82, 2.24) is 9.55 Å². The van der Waals surface area contributed by atoms with Crippen LogP contribution in [0, 0.1) is 0 Å². The third-order valence-electron chi connectivity index (χ3n) is 5.29. The predicted molar refractivity (Wildman–Crippen MR) is 104 cm³/mol. The highest BCUT2D eigenvalue weighted by molar-refractivity contribution is 5.93. The van der Waals surface area contributed by atoms with E-state index in [9.17, 15) is 14.7 Å². The summed E-state index contributed by atoms with van der Waals surface area (Å²) in [6, 6.07) is 0. The van der Waals surface area contributed by atoms with Gasteiger partial charge in [0.15, 0.2) is 17.7 Å². The van der Waals surface area contributed by atoms with Crippen molar-refractivity contribution in [3.05, 3.63) is 12.0 Å². The van der Waals surface area contributed by atoms with Crippen LogP contribution in [-0.4, -0.2) is 57.2 Å². The van der Waals surface area contributed by atoms with Crippen LogP contribution in [0.1, 0.15) is 76.0 Å². The number of unbranched alkanes of at least 4 members (excludes halogenated alkanes) is 4. The minimum absolute atomic E-state index is 0.00301. The van der Waals surface area contributed by atoms with Gasteiger partial charge in [-0.25, -0.2) is 4.98 Å². The van der Waals surface area contributed by atoms with E-state index in [2.05, 4.69) is 11.9 Å². The second-order valence-corrected chi connectivity index (χ2v) is 8.17. The molecule has 4 unspecified atom stereocenters. The smallest absolute Gasteiger partial charge is 0.305 e. The summed E-state index contributed by atoms with van der Waals surface area (Å²) in [5.74, 6) is -2.42. The van der Waals surface area contributed by atoms with E-state index in [1.807, 2.05) is 0 Å². The van der Waals surface area contributed by atoms with E-state index in [0.717, 1.165) is 25.7 Å². The summed E-state index contributed by atoms with van der Waals surface area (Å²) >= 11 is 0. The first-order chi connectivity index (χ1) is 14.2. The minimum atomic E-state index is -0.873. The summed E-state index contributed by atoms with van der Waals surface area (Å²) in [4.78, 5) is 27.3. The van der Waals surface area contributed by atoms with Gasteiger partial charge in [0.25, 0.3) is 5.91 Å². The highest BCUT2D eigenvalue weighted by Crippen LogP contribution is 2.44. The maximum absolute atomic E-state index is 12.1. The molecule has 0 spiro atoms. The molecular formula is C20H31N3O7. The Bertz CT molecular complexity index is 764. The molecule has 0 bridgehead atoms. The van der Waals surface area contributed by atoms with E-state index < -0.39 is 42.1 Å². The number of nitrogens with two attached hydrogens (primary N) is 1. The van der Waals surface area contributed by atoms with Crippen molar-refractivity contribution in [3.8, 4) is 5.88 Å². The van der Waals surface area contributed by atoms with Gasteiger partial charge < -0.3 is 29.8 Å². The molecule has 1 aromatic rings. The number of imidazole rings is 1. The zero-order valence-corrected chi connectivity index (χ0v) is 17.7. The summed E-state index contributed by atoms with van der Waals surface area (Å²) in [6.45, 7) is 5.68. The Morgan fingerprint density at radius 2 is 1.93 bits per heavy atom. The third-order valence-corrected chi connectivity index (χ3v) is 5.29. The molecule has 3 rings (SSSR count). The van der Waals surface area contributed by atoms with Crippen molar-refractivity contribution in [1.29, 1.82) is 0 Å². The van der Waals surface area contributed by atoms with Crippen LogP contribution in [0.25, 0.3) is 0 Å². The molecule has 2 fully saturated rings. The fraction of sp³-hybridized carbons (Fsp3) is 0.750. The number of aromatic hydroxyl groups is 1. The number of ether oxygens (including phenoxy) is 4. The van der Waals surface area contributed by atoms with Gasteiger partial charge in [-0.1, -0.05) is 32.6 Å². The summed E-state index contributed by atoms with van der Waals surface area (Å²) in [7, 11) is 0. The van der Waals surface area contributed by atoms with E-state index in [-0.39, 0.29) is 18.3 Å². The van der Waals surface area contributed by atoms with Gasteiger partial charge in [0.2, 0.25) is 5.88 Å². The molecule has 2 saturated heterocycles. The maximum Gasteiger partial charge on any atom is 0.305 e. The lowest BCUT2D eigenvalue weighted by Gasteiger charge is -2.24. The zero-order valence-electron chi connectivity index (χ0n) is 17.7. The van der Waals surface area contributed by atoms with Crippen molar-refractivity contribution in [2.45, 2.75) is 89.6 Å².